The average molecular weight is 197 g/mol. The number of hydrogen-bond acceptors (Lipinski definition) is 3. The number of nitrogens with one attached hydrogen (secondary N) is 2. The number of amidine groups is 1. The summed E-state index contributed by atoms with van der Waals surface area (Å²) in [4.78, 5) is 15.5. The Labute approximate surface area is 85.2 Å². The van der Waals surface area contributed by atoms with Crippen LogP contribution in [0.2, 0.25) is 0 Å². The quantitative estimate of drug-likeness (QED) is 0.696. The maximum absolute atomic E-state index is 11.2. The summed E-state index contributed by atoms with van der Waals surface area (Å²) in [5.74, 6) is 1.04. The van der Waals surface area contributed by atoms with Gasteiger partial charge >= 0.3 is 0 Å². The van der Waals surface area contributed by atoms with Crippen LogP contribution in [0.3, 0.4) is 0 Å². The first-order chi connectivity index (χ1) is 6.83. The van der Waals surface area contributed by atoms with Crippen molar-refractivity contribution in [2.45, 2.75) is 32.6 Å². The Kier molecular flexibility index (Phi) is 5.04. The van der Waals surface area contributed by atoms with Gasteiger partial charge in [-0.3, -0.25) is 9.79 Å². The molecule has 0 atom stereocenters. The number of nitrogens with zero attached hydrogens (tertiary/aromatic N) is 1. The van der Waals surface area contributed by atoms with Crippen LogP contribution in [0, 0.1) is 0 Å². The number of hydrogen-bond donors (Lipinski definition) is 2. The SMILES string of the molecule is CCCNC(=O)CNC1=NCCCC1. The molecule has 2 N–H and O–H groups in total. The second kappa shape index (κ2) is 6.40. The van der Waals surface area contributed by atoms with Crippen LogP contribution in [0.15, 0.2) is 4.99 Å². The molecule has 1 amide bonds. The van der Waals surface area contributed by atoms with Gasteiger partial charge in [-0.25, -0.2) is 0 Å². The van der Waals surface area contributed by atoms with Crippen LogP contribution in [-0.2, 0) is 4.79 Å². The molecule has 0 aromatic heterocycles. The van der Waals surface area contributed by atoms with E-state index in [2.05, 4.69) is 15.6 Å². The third-order valence-corrected chi connectivity index (χ3v) is 2.15. The minimum absolute atomic E-state index is 0.0557. The van der Waals surface area contributed by atoms with Crippen LogP contribution in [0.25, 0.3) is 0 Å². The molecule has 1 rings (SSSR count). The van der Waals surface area contributed by atoms with Gasteiger partial charge in [-0.15, -0.1) is 0 Å². The van der Waals surface area contributed by atoms with Crippen LogP contribution in [-0.4, -0.2) is 31.4 Å². The zero-order chi connectivity index (χ0) is 10.2. The summed E-state index contributed by atoms with van der Waals surface area (Å²) in [5.41, 5.74) is 0. The van der Waals surface area contributed by atoms with Crippen molar-refractivity contribution in [2.75, 3.05) is 19.6 Å². The molecule has 0 radical (unpaired) electrons. The summed E-state index contributed by atoms with van der Waals surface area (Å²) in [5, 5.41) is 5.88. The van der Waals surface area contributed by atoms with Gasteiger partial charge in [0, 0.05) is 19.5 Å². The fourth-order valence-electron chi connectivity index (χ4n) is 1.35. The predicted molar refractivity (Wildman–Crippen MR) is 57.5 cm³/mol. The van der Waals surface area contributed by atoms with Gasteiger partial charge in [0.25, 0.3) is 0 Å². The Hall–Kier alpha value is -1.06. The summed E-state index contributed by atoms with van der Waals surface area (Å²) in [7, 11) is 0. The standard InChI is InChI=1S/C10H19N3O/c1-2-6-12-10(14)8-13-9-5-3-4-7-11-9/h2-8H2,1H3,(H,11,13)(H,12,14). The molecule has 0 aromatic rings. The van der Waals surface area contributed by atoms with Crippen LogP contribution < -0.4 is 10.6 Å². The fourth-order valence-corrected chi connectivity index (χ4v) is 1.35. The van der Waals surface area contributed by atoms with Crippen LogP contribution in [0.1, 0.15) is 32.6 Å². The highest BCUT2D eigenvalue weighted by atomic mass is 16.1. The molecule has 0 spiro atoms. The first-order valence-corrected chi connectivity index (χ1v) is 5.37. The molecule has 14 heavy (non-hydrogen) atoms. The molecule has 0 bridgehead atoms. The van der Waals surface area contributed by atoms with E-state index in [4.69, 9.17) is 0 Å². The summed E-state index contributed by atoms with van der Waals surface area (Å²) in [6.07, 6.45) is 4.32. The molecule has 0 aromatic carbocycles. The van der Waals surface area contributed by atoms with Crippen molar-refractivity contribution in [3.8, 4) is 0 Å². The van der Waals surface area contributed by atoms with Crippen molar-refractivity contribution in [2.24, 2.45) is 4.99 Å². The van der Waals surface area contributed by atoms with Gasteiger partial charge in [-0.2, -0.15) is 0 Å². The Morgan fingerprint density at radius 2 is 2.36 bits per heavy atom. The molecule has 0 aliphatic carbocycles. The maximum Gasteiger partial charge on any atom is 0.239 e. The van der Waals surface area contributed by atoms with E-state index in [1.807, 2.05) is 6.92 Å². The lowest BCUT2D eigenvalue weighted by Gasteiger charge is -2.13. The van der Waals surface area contributed by atoms with Crippen LogP contribution in [0.4, 0.5) is 0 Å². The lowest BCUT2D eigenvalue weighted by molar-refractivity contribution is -0.120. The van der Waals surface area contributed by atoms with Gasteiger partial charge in [0.15, 0.2) is 0 Å². The summed E-state index contributed by atoms with van der Waals surface area (Å²) >= 11 is 0. The smallest absolute Gasteiger partial charge is 0.239 e. The first kappa shape index (κ1) is 11.0. The third kappa shape index (κ3) is 4.25. The number of aliphatic imine (C=N–C) groups is 1. The molecule has 4 heteroatoms. The highest BCUT2D eigenvalue weighted by Gasteiger charge is 2.06. The second-order valence-corrected chi connectivity index (χ2v) is 3.49. The normalized spacial score (nSPS) is 15.9. The van der Waals surface area contributed by atoms with E-state index >= 15 is 0 Å². The average Bonchev–Trinajstić information content (AvgIpc) is 2.25. The van der Waals surface area contributed by atoms with E-state index in [0.29, 0.717) is 6.54 Å². The van der Waals surface area contributed by atoms with Crippen molar-refractivity contribution in [1.29, 1.82) is 0 Å². The summed E-state index contributed by atoms with van der Waals surface area (Å²) < 4.78 is 0. The van der Waals surface area contributed by atoms with Crippen molar-refractivity contribution >= 4 is 11.7 Å². The van der Waals surface area contributed by atoms with Gasteiger partial charge in [0.1, 0.15) is 0 Å². The lowest BCUT2D eigenvalue weighted by Crippen LogP contribution is -2.37. The molecule has 0 fully saturated rings. The van der Waals surface area contributed by atoms with Gasteiger partial charge in [0.2, 0.25) is 5.91 Å². The molecular formula is C10H19N3O. The van der Waals surface area contributed by atoms with E-state index in [9.17, 15) is 4.79 Å². The number of amides is 1. The van der Waals surface area contributed by atoms with E-state index in [-0.39, 0.29) is 5.91 Å². The summed E-state index contributed by atoms with van der Waals surface area (Å²) in [6.45, 7) is 4.06. The maximum atomic E-state index is 11.2. The molecule has 1 aliphatic heterocycles. The zero-order valence-electron chi connectivity index (χ0n) is 8.81. The zero-order valence-corrected chi connectivity index (χ0v) is 8.81. The fraction of sp³-hybridized carbons (Fsp3) is 0.800. The van der Waals surface area contributed by atoms with Crippen LogP contribution in [0.5, 0.6) is 0 Å². The molecular weight excluding hydrogens is 178 g/mol. The van der Waals surface area contributed by atoms with E-state index in [0.717, 1.165) is 31.8 Å². The number of rotatable bonds is 4. The molecule has 0 saturated heterocycles. The van der Waals surface area contributed by atoms with E-state index in [1.165, 1.54) is 12.8 Å². The molecule has 1 aliphatic rings. The number of carbonyl (C=O) groups is 1. The van der Waals surface area contributed by atoms with Crippen molar-refractivity contribution < 1.29 is 4.79 Å². The Morgan fingerprint density at radius 1 is 1.50 bits per heavy atom. The minimum Gasteiger partial charge on any atom is -0.365 e. The van der Waals surface area contributed by atoms with E-state index < -0.39 is 0 Å². The van der Waals surface area contributed by atoms with Crippen molar-refractivity contribution in [3.63, 3.8) is 0 Å². The Morgan fingerprint density at radius 3 is 3.00 bits per heavy atom. The Bertz CT molecular complexity index is 213. The molecule has 4 nitrogen and oxygen atoms in total. The second-order valence-electron chi connectivity index (χ2n) is 3.49. The first-order valence-electron chi connectivity index (χ1n) is 5.37. The van der Waals surface area contributed by atoms with Gasteiger partial charge in [-0.05, 0) is 19.3 Å². The molecule has 0 saturated carbocycles. The van der Waals surface area contributed by atoms with Gasteiger partial charge < -0.3 is 10.6 Å². The van der Waals surface area contributed by atoms with Gasteiger partial charge in [-0.1, -0.05) is 6.92 Å². The lowest BCUT2D eigenvalue weighted by atomic mass is 10.2. The molecule has 0 unspecified atom stereocenters. The van der Waals surface area contributed by atoms with E-state index in [1.54, 1.807) is 0 Å². The topological polar surface area (TPSA) is 53.5 Å². The molecule has 80 valence electrons. The van der Waals surface area contributed by atoms with Crippen LogP contribution >= 0.6 is 0 Å². The summed E-state index contributed by atoms with van der Waals surface area (Å²) in [6, 6.07) is 0. The minimum atomic E-state index is 0.0557. The largest absolute Gasteiger partial charge is 0.365 e. The monoisotopic (exact) mass is 197 g/mol. The number of carbonyl (C=O) groups excluding carboxylic acids is 1. The predicted octanol–water partition coefficient (Wildman–Crippen LogP) is 0.685. The highest BCUT2D eigenvalue weighted by molar-refractivity contribution is 5.87. The van der Waals surface area contributed by atoms with Crippen molar-refractivity contribution in [3.05, 3.63) is 0 Å². The Balaban J connectivity index is 2.12. The highest BCUT2D eigenvalue weighted by Crippen LogP contribution is 2.03. The van der Waals surface area contributed by atoms with Gasteiger partial charge in [0.05, 0.1) is 12.4 Å². The molecule has 1 heterocycles. The van der Waals surface area contributed by atoms with Crippen molar-refractivity contribution in [1.82, 2.24) is 10.6 Å². The third-order valence-electron chi connectivity index (χ3n) is 2.15.